The molecule has 98 valence electrons. The van der Waals surface area contributed by atoms with Crippen LogP contribution in [0.3, 0.4) is 0 Å². The molecule has 0 aromatic rings. The summed E-state index contributed by atoms with van der Waals surface area (Å²) in [6.07, 6.45) is 6.67. The first-order valence-corrected chi connectivity index (χ1v) is 7.20. The van der Waals surface area contributed by atoms with Gasteiger partial charge in [0.25, 0.3) is 0 Å². The molecule has 4 rings (SSSR count). The number of aliphatic hydroxyl groups is 1. The first-order valence-electron chi connectivity index (χ1n) is 7.20. The summed E-state index contributed by atoms with van der Waals surface area (Å²) in [6, 6.07) is 3.29. The van der Waals surface area contributed by atoms with Gasteiger partial charge in [0.15, 0.2) is 0 Å². The maximum Gasteiger partial charge on any atom is 0.115 e. The summed E-state index contributed by atoms with van der Waals surface area (Å²) in [4.78, 5) is 0. The van der Waals surface area contributed by atoms with Gasteiger partial charge in [0.05, 0.1) is 23.9 Å². The van der Waals surface area contributed by atoms with E-state index in [-0.39, 0.29) is 12.2 Å². The van der Waals surface area contributed by atoms with Gasteiger partial charge in [-0.15, -0.1) is 0 Å². The second-order valence-corrected chi connectivity index (χ2v) is 6.69. The summed E-state index contributed by atoms with van der Waals surface area (Å²) in [6.45, 7) is 0. The topological polar surface area (TPSA) is 65.3 Å². The van der Waals surface area contributed by atoms with Crippen LogP contribution in [0.15, 0.2) is 0 Å². The zero-order valence-electron chi connectivity index (χ0n) is 10.6. The summed E-state index contributed by atoms with van der Waals surface area (Å²) in [5.41, 5.74) is -1.47. The predicted octanol–water partition coefficient (Wildman–Crippen LogP) is 1.09. The van der Waals surface area contributed by atoms with E-state index < -0.39 is 11.0 Å². The first kappa shape index (κ1) is 11.2. The van der Waals surface area contributed by atoms with E-state index in [1.165, 1.54) is 0 Å². The monoisotopic (exact) mass is 248 g/mol. The number of nitrogens with zero attached hydrogens (tertiary/aromatic N) is 1. The number of nitrogens with one attached hydrogen (secondary N) is 1. The van der Waals surface area contributed by atoms with Crippen LogP contribution in [0.1, 0.15) is 44.9 Å². The zero-order chi connectivity index (χ0) is 12.4. The molecule has 0 spiro atoms. The van der Waals surface area contributed by atoms with Crippen LogP contribution in [0.2, 0.25) is 0 Å². The van der Waals surface area contributed by atoms with Crippen molar-refractivity contribution in [3.63, 3.8) is 0 Å². The van der Waals surface area contributed by atoms with Gasteiger partial charge in [-0.3, -0.25) is 0 Å². The lowest BCUT2D eigenvalue weighted by Crippen LogP contribution is -2.60. The van der Waals surface area contributed by atoms with Crippen LogP contribution < -0.4 is 5.32 Å². The normalized spacial score (nSPS) is 57.8. The minimum Gasteiger partial charge on any atom is -0.388 e. The minimum atomic E-state index is -0.835. The van der Waals surface area contributed by atoms with Gasteiger partial charge in [0, 0.05) is 12.1 Å². The van der Waals surface area contributed by atoms with Crippen LogP contribution in [-0.4, -0.2) is 35.0 Å². The van der Waals surface area contributed by atoms with Gasteiger partial charge in [-0.1, -0.05) is 0 Å². The molecule has 0 saturated carbocycles. The maximum absolute atomic E-state index is 11.2. The molecule has 0 aromatic carbocycles. The molecular formula is C14H20N2O2. The Bertz CT molecular complexity index is 407. The molecule has 4 nitrogen and oxygen atoms in total. The number of fused-ring (bicyclic) bond motifs is 4. The molecule has 0 amide bonds. The molecule has 4 saturated heterocycles. The van der Waals surface area contributed by atoms with Crippen LogP contribution in [0, 0.1) is 16.7 Å². The quantitative estimate of drug-likeness (QED) is 0.729. The summed E-state index contributed by atoms with van der Waals surface area (Å²) >= 11 is 0. The van der Waals surface area contributed by atoms with Gasteiger partial charge in [-0.25, -0.2) is 0 Å². The average molecular weight is 248 g/mol. The molecule has 2 N–H and O–H groups in total. The van der Waals surface area contributed by atoms with E-state index in [1.54, 1.807) is 0 Å². The van der Waals surface area contributed by atoms with E-state index in [1.807, 2.05) is 0 Å². The van der Waals surface area contributed by atoms with Crippen molar-refractivity contribution in [1.82, 2.24) is 5.32 Å². The van der Waals surface area contributed by atoms with Crippen LogP contribution >= 0.6 is 0 Å². The van der Waals surface area contributed by atoms with E-state index in [0.29, 0.717) is 12.1 Å². The van der Waals surface area contributed by atoms with Crippen molar-refractivity contribution in [3.05, 3.63) is 0 Å². The van der Waals surface area contributed by atoms with Gasteiger partial charge >= 0.3 is 0 Å². The number of rotatable bonds is 1. The Balaban J connectivity index is 1.70. The third kappa shape index (κ3) is 1.25. The standard InChI is InChI=1S/C14H20N2O2/c15-8-13(7-11-3-4-12(13)18-11)14(17)5-9-1-2-10(6-14)16-9/h9-12,16-17H,1-7H2. The summed E-state index contributed by atoms with van der Waals surface area (Å²) in [5, 5.41) is 24.5. The molecule has 5 atom stereocenters. The van der Waals surface area contributed by atoms with Crippen LogP contribution in [0.5, 0.6) is 0 Å². The van der Waals surface area contributed by atoms with Crippen LogP contribution in [0.4, 0.5) is 0 Å². The van der Waals surface area contributed by atoms with E-state index in [2.05, 4.69) is 11.4 Å². The highest BCUT2D eigenvalue weighted by Gasteiger charge is 2.65. The molecule has 0 radical (unpaired) electrons. The lowest BCUT2D eigenvalue weighted by Gasteiger charge is -2.48. The fraction of sp³-hybridized carbons (Fsp3) is 0.929. The molecule has 18 heavy (non-hydrogen) atoms. The number of ether oxygens (including phenoxy) is 1. The van der Waals surface area contributed by atoms with Crippen molar-refractivity contribution in [2.75, 3.05) is 0 Å². The van der Waals surface area contributed by atoms with Crippen molar-refractivity contribution in [1.29, 1.82) is 5.26 Å². The highest BCUT2D eigenvalue weighted by Crippen LogP contribution is 2.57. The van der Waals surface area contributed by atoms with E-state index in [0.717, 1.165) is 44.9 Å². The molecule has 0 aliphatic carbocycles. The molecule has 0 aromatic heterocycles. The van der Waals surface area contributed by atoms with E-state index >= 15 is 0 Å². The van der Waals surface area contributed by atoms with Gasteiger partial charge in [0.1, 0.15) is 5.41 Å². The lowest BCUT2D eigenvalue weighted by atomic mass is 9.60. The molecular weight excluding hydrogens is 228 g/mol. The van der Waals surface area contributed by atoms with Gasteiger partial charge < -0.3 is 15.2 Å². The molecule has 4 heteroatoms. The van der Waals surface area contributed by atoms with Crippen LogP contribution in [0.25, 0.3) is 0 Å². The molecule has 4 heterocycles. The SMILES string of the molecule is N#CC1(C2(O)CC3CCC(C2)N3)CC2CCC1O2. The fourth-order valence-electron chi connectivity index (χ4n) is 4.91. The average Bonchev–Trinajstić information content (AvgIpc) is 3.03. The van der Waals surface area contributed by atoms with Crippen molar-refractivity contribution in [2.45, 2.75) is 74.8 Å². The largest absolute Gasteiger partial charge is 0.388 e. The van der Waals surface area contributed by atoms with Gasteiger partial charge in [0.2, 0.25) is 0 Å². The number of nitriles is 1. The third-order valence-corrected chi connectivity index (χ3v) is 5.74. The zero-order valence-corrected chi connectivity index (χ0v) is 10.6. The Morgan fingerprint density at radius 1 is 1.11 bits per heavy atom. The van der Waals surface area contributed by atoms with Crippen LogP contribution in [-0.2, 0) is 4.74 Å². The van der Waals surface area contributed by atoms with E-state index in [4.69, 9.17) is 4.74 Å². The second-order valence-electron chi connectivity index (χ2n) is 6.69. The Hall–Kier alpha value is -0.630. The van der Waals surface area contributed by atoms with Crippen molar-refractivity contribution >= 4 is 0 Å². The predicted molar refractivity (Wildman–Crippen MR) is 64.7 cm³/mol. The van der Waals surface area contributed by atoms with Crippen molar-refractivity contribution in [3.8, 4) is 6.07 Å². The smallest absolute Gasteiger partial charge is 0.115 e. The number of hydrogen-bond donors (Lipinski definition) is 2. The highest BCUT2D eigenvalue weighted by atomic mass is 16.5. The number of piperidine rings is 1. The maximum atomic E-state index is 11.2. The highest BCUT2D eigenvalue weighted by molar-refractivity contribution is 5.23. The molecule has 4 aliphatic rings. The minimum absolute atomic E-state index is 0.0324. The number of hydrogen-bond acceptors (Lipinski definition) is 4. The Kier molecular flexibility index (Phi) is 2.16. The Labute approximate surface area is 107 Å². The second kappa shape index (κ2) is 3.47. The summed E-state index contributed by atoms with van der Waals surface area (Å²) < 4.78 is 5.89. The lowest BCUT2D eigenvalue weighted by molar-refractivity contribution is -0.113. The Morgan fingerprint density at radius 3 is 2.33 bits per heavy atom. The van der Waals surface area contributed by atoms with Gasteiger partial charge in [-0.2, -0.15) is 5.26 Å². The molecule has 4 fully saturated rings. The van der Waals surface area contributed by atoms with E-state index in [9.17, 15) is 10.4 Å². The summed E-state index contributed by atoms with van der Waals surface area (Å²) in [5.74, 6) is 0. The first-order chi connectivity index (χ1) is 8.65. The molecule has 4 bridgehead atoms. The van der Waals surface area contributed by atoms with Gasteiger partial charge in [-0.05, 0) is 44.9 Å². The Morgan fingerprint density at radius 2 is 1.83 bits per heavy atom. The third-order valence-electron chi connectivity index (χ3n) is 5.74. The summed E-state index contributed by atoms with van der Waals surface area (Å²) in [7, 11) is 0. The van der Waals surface area contributed by atoms with Crippen molar-refractivity contribution in [2.24, 2.45) is 5.41 Å². The fourth-order valence-corrected chi connectivity index (χ4v) is 4.91. The molecule has 5 unspecified atom stereocenters. The molecule has 4 aliphatic heterocycles. The van der Waals surface area contributed by atoms with Crippen molar-refractivity contribution < 1.29 is 9.84 Å².